The normalized spacial score (nSPS) is 22.9. The lowest BCUT2D eigenvalue weighted by Gasteiger charge is -2.26. The summed E-state index contributed by atoms with van der Waals surface area (Å²) in [6.45, 7) is 4.66. The number of rotatable bonds is 3. The van der Waals surface area contributed by atoms with Crippen LogP contribution >= 0.6 is 0 Å². The zero-order chi connectivity index (χ0) is 14.7. The number of amides is 1. The highest BCUT2D eigenvalue weighted by atomic mass is 16.2. The molecule has 1 atom stereocenters. The van der Waals surface area contributed by atoms with E-state index in [0.717, 1.165) is 37.2 Å². The van der Waals surface area contributed by atoms with Crippen LogP contribution in [-0.4, -0.2) is 47.9 Å². The zero-order valence-corrected chi connectivity index (χ0v) is 12.6. The minimum Gasteiger partial charge on any atom is -0.341 e. The van der Waals surface area contributed by atoms with Crippen LogP contribution in [0.4, 0.5) is 0 Å². The Morgan fingerprint density at radius 3 is 2.71 bits per heavy atom. The van der Waals surface area contributed by atoms with Crippen LogP contribution in [-0.2, 0) is 17.8 Å². The Bertz CT molecular complexity index is 503. The number of carbonyl (C=O) groups excluding carboxylic acids is 1. The molecule has 0 saturated carbocycles. The molecule has 0 aliphatic carbocycles. The zero-order valence-electron chi connectivity index (χ0n) is 12.6. The Balaban J connectivity index is 1.67. The van der Waals surface area contributed by atoms with E-state index in [1.54, 1.807) is 0 Å². The largest absolute Gasteiger partial charge is 0.341 e. The lowest BCUT2D eigenvalue weighted by Crippen LogP contribution is -2.40. The Kier molecular flexibility index (Phi) is 4.56. The number of nitrogens with zero attached hydrogens (tertiary/aromatic N) is 2. The van der Waals surface area contributed by atoms with Gasteiger partial charge in [-0.2, -0.15) is 0 Å². The molecule has 1 aromatic carbocycles. The van der Waals surface area contributed by atoms with E-state index in [0.29, 0.717) is 19.0 Å². The van der Waals surface area contributed by atoms with Gasteiger partial charge in [0.25, 0.3) is 0 Å². The summed E-state index contributed by atoms with van der Waals surface area (Å²) in [4.78, 5) is 17.3. The first kappa shape index (κ1) is 14.5. The van der Waals surface area contributed by atoms with Gasteiger partial charge in [-0.15, -0.1) is 0 Å². The van der Waals surface area contributed by atoms with E-state index in [1.165, 1.54) is 19.4 Å². The number of hydrogen-bond acceptors (Lipinski definition) is 3. The fourth-order valence-corrected chi connectivity index (χ4v) is 3.64. The molecule has 2 heterocycles. The van der Waals surface area contributed by atoms with Crippen molar-refractivity contribution in [2.75, 3.05) is 26.2 Å². The monoisotopic (exact) mass is 287 g/mol. The maximum atomic E-state index is 12.6. The molecule has 1 aromatic rings. The van der Waals surface area contributed by atoms with Gasteiger partial charge in [0.05, 0.1) is 6.42 Å². The standard InChI is InChI=1S/C17H25N3O/c18-12-15-6-2-1-5-14(15)11-17(21)20-10-4-9-19-8-3-7-16(19)13-20/h1-2,5-6,16H,3-4,7-13,18H2. The average Bonchev–Trinajstić information content (AvgIpc) is 2.84. The number of fused-ring (bicyclic) bond motifs is 1. The molecule has 21 heavy (non-hydrogen) atoms. The minimum absolute atomic E-state index is 0.254. The summed E-state index contributed by atoms with van der Waals surface area (Å²) in [7, 11) is 0. The highest BCUT2D eigenvalue weighted by molar-refractivity contribution is 5.79. The maximum absolute atomic E-state index is 12.6. The molecular formula is C17H25N3O. The van der Waals surface area contributed by atoms with Gasteiger partial charge in [0.1, 0.15) is 0 Å². The second kappa shape index (κ2) is 6.58. The molecule has 0 spiro atoms. The fraction of sp³-hybridized carbons (Fsp3) is 0.588. The van der Waals surface area contributed by atoms with Crippen molar-refractivity contribution in [2.24, 2.45) is 5.73 Å². The van der Waals surface area contributed by atoms with Gasteiger partial charge in [-0.25, -0.2) is 0 Å². The summed E-state index contributed by atoms with van der Waals surface area (Å²) in [6, 6.07) is 8.60. The van der Waals surface area contributed by atoms with Gasteiger partial charge in [0.15, 0.2) is 0 Å². The lowest BCUT2D eigenvalue weighted by atomic mass is 10.0. The van der Waals surface area contributed by atoms with Crippen LogP contribution in [0.1, 0.15) is 30.4 Å². The highest BCUT2D eigenvalue weighted by Gasteiger charge is 2.30. The molecule has 2 aliphatic rings. The van der Waals surface area contributed by atoms with Crippen molar-refractivity contribution < 1.29 is 4.79 Å². The molecule has 2 fully saturated rings. The summed E-state index contributed by atoms with van der Waals surface area (Å²) in [5, 5.41) is 0. The van der Waals surface area contributed by atoms with Crippen molar-refractivity contribution in [3.05, 3.63) is 35.4 Å². The molecule has 1 amide bonds. The molecule has 2 aliphatic heterocycles. The summed E-state index contributed by atoms with van der Waals surface area (Å²) >= 11 is 0. The minimum atomic E-state index is 0.254. The summed E-state index contributed by atoms with van der Waals surface area (Å²) in [6.07, 6.45) is 4.10. The number of hydrogen-bond donors (Lipinski definition) is 1. The molecule has 2 saturated heterocycles. The van der Waals surface area contributed by atoms with E-state index in [1.807, 2.05) is 24.3 Å². The molecule has 0 aromatic heterocycles. The quantitative estimate of drug-likeness (QED) is 0.914. The van der Waals surface area contributed by atoms with Crippen molar-refractivity contribution in [3.8, 4) is 0 Å². The molecular weight excluding hydrogens is 262 g/mol. The van der Waals surface area contributed by atoms with Crippen LogP contribution in [0, 0.1) is 0 Å². The van der Waals surface area contributed by atoms with Crippen molar-refractivity contribution in [1.29, 1.82) is 0 Å². The van der Waals surface area contributed by atoms with Crippen LogP contribution in [0.3, 0.4) is 0 Å². The Morgan fingerprint density at radius 2 is 1.90 bits per heavy atom. The Morgan fingerprint density at radius 1 is 1.14 bits per heavy atom. The fourth-order valence-electron chi connectivity index (χ4n) is 3.64. The summed E-state index contributed by atoms with van der Waals surface area (Å²) < 4.78 is 0. The SMILES string of the molecule is NCc1ccccc1CC(=O)N1CCCN2CCCC2C1. The second-order valence-corrected chi connectivity index (χ2v) is 6.17. The van der Waals surface area contributed by atoms with Gasteiger partial charge in [0.2, 0.25) is 5.91 Å². The van der Waals surface area contributed by atoms with Crippen LogP contribution < -0.4 is 5.73 Å². The first-order valence-corrected chi connectivity index (χ1v) is 8.06. The maximum Gasteiger partial charge on any atom is 0.227 e. The van der Waals surface area contributed by atoms with E-state index in [4.69, 9.17) is 5.73 Å². The van der Waals surface area contributed by atoms with Crippen molar-refractivity contribution in [1.82, 2.24) is 9.80 Å². The van der Waals surface area contributed by atoms with Crippen LogP contribution in [0.25, 0.3) is 0 Å². The van der Waals surface area contributed by atoms with Crippen LogP contribution in [0.15, 0.2) is 24.3 Å². The molecule has 4 heteroatoms. The van der Waals surface area contributed by atoms with E-state index in [-0.39, 0.29) is 5.91 Å². The molecule has 2 N–H and O–H groups in total. The molecule has 114 valence electrons. The molecule has 4 nitrogen and oxygen atoms in total. The van der Waals surface area contributed by atoms with E-state index in [2.05, 4.69) is 9.80 Å². The van der Waals surface area contributed by atoms with Gasteiger partial charge in [-0.1, -0.05) is 24.3 Å². The van der Waals surface area contributed by atoms with Crippen molar-refractivity contribution >= 4 is 5.91 Å². The third kappa shape index (κ3) is 3.27. The highest BCUT2D eigenvalue weighted by Crippen LogP contribution is 2.22. The molecule has 1 unspecified atom stereocenters. The first-order chi connectivity index (χ1) is 10.3. The summed E-state index contributed by atoms with van der Waals surface area (Å²) in [5.41, 5.74) is 7.94. The topological polar surface area (TPSA) is 49.6 Å². The third-order valence-corrected chi connectivity index (χ3v) is 4.84. The first-order valence-electron chi connectivity index (χ1n) is 8.06. The average molecular weight is 287 g/mol. The van der Waals surface area contributed by atoms with Crippen LogP contribution in [0.2, 0.25) is 0 Å². The molecule has 3 rings (SSSR count). The number of nitrogens with two attached hydrogens (primary N) is 1. The van der Waals surface area contributed by atoms with Crippen molar-refractivity contribution in [2.45, 2.75) is 38.3 Å². The molecule has 0 bridgehead atoms. The predicted octanol–water partition coefficient (Wildman–Crippen LogP) is 1.38. The Labute approximate surface area is 126 Å². The lowest BCUT2D eigenvalue weighted by molar-refractivity contribution is -0.130. The summed E-state index contributed by atoms with van der Waals surface area (Å²) in [5.74, 6) is 0.254. The second-order valence-electron chi connectivity index (χ2n) is 6.17. The van der Waals surface area contributed by atoms with Gasteiger partial charge in [-0.3, -0.25) is 9.69 Å². The van der Waals surface area contributed by atoms with E-state index in [9.17, 15) is 4.79 Å². The van der Waals surface area contributed by atoms with Crippen molar-refractivity contribution in [3.63, 3.8) is 0 Å². The van der Waals surface area contributed by atoms with Gasteiger partial charge in [-0.05, 0) is 36.9 Å². The van der Waals surface area contributed by atoms with Crippen LogP contribution in [0.5, 0.6) is 0 Å². The smallest absolute Gasteiger partial charge is 0.227 e. The van der Waals surface area contributed by atoms with Gasteiger partial charge in [0, 0.05) is 32.2 Å². The van der Waals surface area contributed by atoms with E-state index >= 15 is 0 Å². The molecule has 0 radical (unpaired) electrons. The third-order valence-electron chi connectivity index (χ3n) is 4.84. The van der Waals surface area contributed by atoms with E-state index < -0.39 is 0 Å². The Hall–Kier alpha value is -1.39. The predicted molar refractivity (Wildman–Crippen MR) is 83.8 cm³/mol. The number of carbonyl (C=O) groups is 1. The number of benzene rings is 1. The van der Waals surface area contributed by atoms with Gasteiger partial charge >= 0.3 is 0 Å². The van der Waals surface area contributed by atoms with Gasteiger partial charge < -0.3 is 10.6 Å².